The minimum Gasteiger partial charge on any atom is -0.354 e. The maximum absolute atomic E-state index is 13.0. The molecule has 0 unspecified atom stereocenters. The molecule has 1 aromatic rings. The Morgan fingerprint density at radius 2 is 1.63 bits per heavy atom. The van der Waals surface area contributed by atoms with Gasteiger partial charge in [-0.1, -0.05) is 0 Å². The lowest BCUT2D eigenvalue weighted by atomic mass is 9.93. The molecule has 4 rings (SSSR count). The molecule has 2 fully saturated rings. The number of ketones is 1. The van der Waals surface area contributed by atoms with E-state index in [4.69, 9.17) is 0 Å². The number of aromatic amines is 1. The molecule has 0 bridgehead atoms. The van der Waals surface area contributed by atoms with Crippen molar-refractivity contribution in [3.63, 3.8) is 0 Å². The fourth-order valence-corrected chi connectivity index (χ4v) is 4.51. The van der Waals surface area contributed by atoms with Crippen molar-refractivity contribution in [2.75, 3.05) is 45.8 Å². The predicted octanol–water partition coefficient (Wildman–Crippen LogP) is 1.22. The third-order valence-electron chi connectivity index (χ3n) is 6.13. The van der Waals surface area contributed by atoms with Crippen molar-refractivity contribution in [3.05, 3.63) is 22.5 Å². The molecule has 1 aliphatic carbocycles. The summed E-state index contributed by atoms with van der Waals surface area (Å²) in [6, 6.07) is 0. The number of likely N-dealkylation sites (tertiary alicyclic amines) is 1. The predicted molar refractivity (Wildman–Crippen MR) is 101 cm³/mol. The standard InChI is InChI=1S/C20H28N4O3/c1-14-18-15(5-4-6-16(18)25)21-19(14)20(27)24-11-9-22(10-12-24)13-17(26)23-7-2-3-8-23/h21H,2-13H2,1H3. The van der Waals surface area contributed by atoms with E-state index < -0.39 is 0 Å². The van der Waals surface area contributed by atoms with E-state index in [2.05, 4.69) is 9.88 Å². The van der Waals surface area contributed by atoms with Crippen LogP contribution in [-0.4, -0.2) is 83.1 Å². The minimum atomic E-state index is -0.0276. The molecule has 0 aromatic carbocycles. The summed E-state index contributed by atoms with van der Waals surface area (Å²) in [5, 5.41) is 0. The van der Waals surface area contributed by atoms with Crippen LogP contribution in [0.4, 0.5) is 0 Å². The van der Waals surface area contributed by atoms with Gasteiger partial charge in [0.05, 0.1) is 6.54 Å². The maximum Gasteiger partial charge on any atom is 0.270 e. The largest absolute Gasteiger partial charge is 0.354 e. The van der Waals surface area contributed by atoms with Crippen molar-refractivity contribution >= 4 is 17.6 Å². The molecule has 2 aliphatic heterocycles. The lowest BCUT2D eigenvalue weighted by Crippen LogP contribution is -2.51. The van der Waals surface area contributed by atoms with E-state index in [1.165, 1.54) is 0 Å². The van der Waals surface area contributed by atoms with E-state index in [-0.39, 0.29) is 17.6 Å². The average molecular weight is 372 g/mol. The molecule has 2 saturated heterocycles. The number of piperazine rings is 1. The van der Waals surface area contributed by atoms with Gasteiger partial charge in [0, 0.05) is 56.9 Å². The van der Waals surface area contributed by atoms with Gasteiger partial charge in [-0.2, -0.15) is 0 Å². The van der Waals surface area contributed by atoms with Gasteiger partial charge in [-0.15, -0.1) is 0 Å². The van der Waals surface area contributed by atoms with Gasteiger partial charge in [-0.05, 0) is 38.2 Å². The van der Waals surface area contributed by atoms with E-state index >= 15 is 0 Å². The zero-order valence-corrected chi connectivity index (χ0v) is 16.1. The first kappa shape index (κ1) is 18.2. The second-order valence-corrected chi connectivity index (χ2v) is 7.91. The van der Waals surface area contributed by atoms with E-state index in [0.29, 0.717) is 44.8 Å². The first-order valence-corrected chi connectivity index (χ1v) is 10.1. The Balaban J connectivity index is 1.36. The molecule has 7 heteroatoms. The molecule has 3 heterocycles. The Labute approximate surface area is 159 Å². The van der Waals surface area contributed by atoms with Crippen molar-refractivity contribution < 1.29 is 14.4 Å². The summed E-state index contributed by atoms with van der Waals surface area (Å²) in [5.74, 6) is 0.327. The smallest absolute Gasteiger partial charge is 0.270 e. The molecular weight excluding hydrogens is 344 g/mol. The summed E-state index contributed by atoms with van der Waals surface area (Å²) in [6.45, 7) is 6.74. The number of hydrogen-bond donors (Lipinski definition) is 1. The number of aryl methyl sites for hydroxylation is 1. The van der Waals surface area contributed by atoms with Crippen LogP contribution in [0.25, 0.3) is 0 Å². The van der Waals surface area contributed by atoms with Gasteiger partial charge in [-0.25, -0.2) is 0 Å². The lowest BCUT2D eigenvalue weighted by molar-refractivity contribution is -0.131. The molecule has 0 spiro atoms. The fraction of sp³-hybridized carbons (Fsp3) is 0.650. The number of carbonyl (C=O) groups is 3. The van der Waals surface area contributed by atoms with Gasteiger partial charge in [0.2, 0.25) is 5.91 Å². The number of amides is 2. The van der Waals surface area contributed by atoms with Crippen LogP contribution in [0.1, 0.15) is 57.8 Å². The molecule has 7 nitrogen and oxygen atoms in total. The normalized spacial score (nSPS) is 20.9. The monoisotopic (exact) mass is 372 g/mol. The highest BCUT2D eigenvalue weighted by Gasteiger charge is 2.30. The van der Waals surface area contributed by atoms with Gasteiger partial charge in [-0.3, -0.25) is 19.3 Å². The van der Waals surface area contributed by atoms with Crippen LogP contribution in [0, 0.1) is 6.92 Å². The Morgan fingerprint density at radius 3 is 2.30 bits per heavy atom. The average Bonchev–Trinajstić information content (AvgIpc) is 3.31. The highest BCUT2D eigenvalue weighted by Crippen LogP contribution is 2.27. The van der Waals surface area contributed by atoms with Crippen molar-refractivity contribution in [1.29, 1.82) is 0 Å². The summed E-state index contributed by atoms with van der Waals surface area (Å²) >= 11 is 0. The number of Topliss-reactive ketones (excluding diaryl/α,β-unsaturated/α-hetero) is 1. The lowest BCUT2D eigenvalue weighted by Gasteiger charge is -2.35. The van der Waals surface area contributed by atoms with Crippen molar-refractivity contribution in [1.82, 2.24) is 19.7 Å². The summed E-state index contributed by atoms with van der Waals surface area (Å²) < 4.78 is 0. The summed E-state index contributed by atoms with van der Waals surface area (Å²) in [5.41, 5.74) is 3.02. The third-order valence-corrected chi connectivity index (χ3v) is 6.13. The van der Waals surface area contributed by atoms with E-state index in [1.54, 1.807) is 0 Å². The van der Waals surface area contributed by atoms with Crippen molar-refractivity contribution in [2.45, 2.75) is 39.0 Å². The van der Waals surface area contributed by atoms with Crippen LogP contribution >= 0.6 is 0 Å². The van der Waals surface area contributed by atoms with Crippen LogP contribution < -0.4 is 0 Å². The first-order valence-electron chi connectivity index (χ1n) is 10.1. The Kier molecular flexibility index (Phi) is 5.04. The van der Waals surface area contributed by atoms with Gasteiger partial charge in [0.15, 0.2) is 5.78 Å². The SMILES string of the molecule is Cc1c(C(=O)N2CCN(CC(=O)N3CCCC3)CC2)[nH]c2c1C(=O)CCC2. The number of nitrogens with one attached hydrogen (secondary N) is 1. The molecule has 0 radical (unpaired) electrons. The Morgan fingerprint density at radius 1 is 0.926 bits per heavy atom. The summed E-state index contributed by atoms with van der Waals surface area (Å²) in [6.07, 6.45) is 4.47. The van der Waals surface area contributed by atoms with Crippen LogP contribution in [0.2, 0.25) is 0 Å². The fourth-order valence-electron chi connectivity index (χ4n) is 4.51. The van der Waals surface area contributed by atoms with E-state index in [1.807, 2.05) is 16.7 Å². The van der Waals surface area contributed by atoms with Crippen molar-refractivity contribution in [2.24, 2.45) is 0 Å². The number of rotatable bonds is 3. The zero-order chi connectivity index (χ0) is 19.0. The molecule has 146 valence electrons. The number of fused-ring (bicyclic) bond motifs is 1. The quantitative estimate of drug-likeness (QED) is 0.866. The molecule has 1 aromatic heterocycles. The number of H-pyrrole nitrogens is 1. The second-order valence-electron chi connectivity index (χ2n) is 7.91. The van der Waals surface area contributed by atoms with Gasteiger partial charge < -0.3 is 14.8 Å². The van der Waals surface area contributed by atoms with Crippen LogP contribution in [0.3, 0.4) is 0 Å². The Hall–Kier alpha value is -2.15. The number of hydrogen-bond acceptors (Lipinski definition) is 4. The minimum absolute atomic E-state index is 0.0276. The highest BCUT2D eigenvalue weighted by atomic mass is 16.2. The highest BCUT2D eigenvalue weighted by molar-refractivity contribution is 6.04. The van der Waals surface area contributed by atoms with Crippen LogP contribution in [0.15, 0.2) is 0 Å². The second kappa shape index (κ2) is 7.46. The number of aromatic nitrogens is 1. The molecular formula is C20H28N4O3. The molecule has 0 atom stereocenters. The summed E-state index contributed by atoms with van der Waals surface area (Å²) in [4.78, 5) is 46.6. The number of carbonyl (C=O) groups excluding carboxylic acids is 3. The molecule has 3 aliphatic rings. The maximum atomic E-state index is 13.0. The molecule has 1 N–H and O–H groups in total. The van der Waals surface area contributed by atoms with Gasteiger partial charge >= 0.3 is 0 Å². The van der Waals surface area contributed by atoms with Crippen LogP contribution in [0.5, 0.6) is 0 Å². The van der Waals surface area contributed by atoms with E-state index in [9.17, 15) is 14.4 Å². The topological polar surface area (TPSA) is 76.7 Å². The van der Waals surface area contributed by atoms with E-state index in [0.717, 1.165) is 55.6 Å². The van der Waals surface area contributed by atoms with Crippen LogP contribution in [-0.2, 0) is 11.2 Å². The van der Waals surface area contributed by atoms with Crippen molar-refractivity contribution in [3.8, 4) is 0 Å². The molecule has 2 amide bonds. The van der Waals surface area contributed by atoms with Gasteiger partial charge in [0.1, 0.15) is 5.69 Å². The first-order chi connectivity index (χ1) is 13.0. The Bertz CT molecular complexity index is 756. The third kappa shape index (κ3) is 3.52. The zero-order valence-electron chi connectivity index (χ0n) is 16.1. The van der Waals surface area contributed by atoms with Gasteiger partial charge in [0.25, 0.3) is 5.91 Å². The molecule has 27 heavy (non-hydrogen) atoms. The molecule has 0 saturated carbocycles. The summed E-state index contributed by atoms with van der Waals surface area (Å²) in [7, 11) is 0. The number of nitrogens with zero attached hydrogens (tertiary/aromatic N) is 3.